The van der Waals surface area contributed by atoms with Crippen LogP contribution in [-0.4, -0.2) is 16.2 Å². The number of aliphatic hydroxyl groups excluding tert-OH is 1. The Kier molecular flexibility index (Phi) is 5.73. The molecule has 2 N–H and O–H groups in total. The van der Waals surface area contributed by atoms with E-state index < -0.39 is 12.1 Å². The van der Waals surface area contributed by atoms with Crippen LogP contribution in [0.25, 0.3) is 10.8 Å². The normalized spacial score (nSPS) is 13.3. The van der Waals surface area contributed by atoms with Gasteiger partial charge in [0.1, 0.15) is 0 Å². The van der Waals surface area contributed by atoms with Gasteiger partial charge in [0, 0.05) is 6.08 Å². The first kappa shape index (κ1) is 16.2. The lowest BCUT2D eigenvalue weighted by atomic mass is 9.99. The van der Waals surface area contributed by atoms with Crippen molar-refractivity contribution in [3.63, 3.8) is 0 Å². The summed E-state index contributed by atoms with van der Waals surface area (Å²) in [7, 11) is 0. The average Bonchev–Trinajstić information content (AvgIpc) is 2.50. The first-order valence-corrected chi connectivity index (χ1v) is 7.63. The summed E-state index contributed by atoms with van der Waals surface area (Å²) in [6.07, 6.45) is 4.00. The molecule has 0 radical (unpaired) electrons. The maximum Gasteiger partial charge on any atom is 0.328 e. The van der Waals surface area contributed by atoms with Crippen LogP contribution in [-0.2, 0) is 4.79 Å². The first-order chi connectivity index (χ1) is 10.6. The van der Waals surface area contributed by atoms with Gasteiger partial charge in [-0.2, -0.15) is 0 Å². The van der Waals surface area contributed by atoms with E-state index in [0.717, 1.165) is 35.8 Å². The molecule has 0 amide bonds. The molecule has 116 valence electrons. The van der Waals surface area contributed by atoms with Gasteiger partial charge in [0.2, 0.25) is 0 Å². The molecule has 1 unspecified atom stereocenters. The first-order valence-electron chi connectivity index (χ1n) is 7.63. The molecule has 2 rings (SSSR count). The van der Waals surface area contributed by atoms with Gasteiger partial charge in [0.05, 0.1) is 6.10 Å². The van der Waals surface area contributed by atoms with Gasteiger partial charge in [0.15, 0.2) is 0 Å². The molecule has 1 atom stereocenters. The standard InChI is InChI=1S/C19H22O3/c1-14(12-19(21)22)6-2-5-9-18(20)17-11-10-15-7-3-4-8-16(15)13-17/h3-4,7-8,10-13,18,20H,2,5-6,9H2,1H3,(H,21,22). The Hall–Kier alpha value is -2.13. The number of carboxylic acids is 1. The number of aliphatic carboxylic acids is 1. The Balaban J connectivity index is 1.86. The maximum atomic E-state index is 10.5. The van der Waals surface area contributed by atoms with E-state index >= 15 is 0 Å². The molecule has 3 nitrogen and oxygen atoms in total. The fourth-order valence-electron chi connectivity index (χ4n) is 2.61. The van der Waals surface area contributed by atoms with Crippen LogP contribution in [0.15, 0.2) is 54.1 Å². The second-order valence-corrected chi connectivity index (χ2v) is 5.70. The van der Waals surface area contributed by atoms with E-state index in [0.29, 0.717) is 6.42 Å². The lowest BCUT2D eigenvalue weighted by Gasteiger charge is -2.12. The molecule has 0 spiro atoms. The van der Waals surface area contributed by atoms with Crippen LogP contribution in [0.1, 0.15) is 44.3 Å². The fraction of sp³-hybridized carbons (Fsp3) is 0.316. The van der Waals surface area contributed by atoms with E-state index in [-0.39, 0.29) is 0 Å². The fourth-order valence-corrected chi connectivity index (χ4v) is 2.61. The Morgan fingerprint density at radius 2 is 1.86 bits per heavy atom. The summed E-state index contributed by atoms with van der Waals surface area (Å²) in [5.41, 5.74) is 1.81. The van der Waals surface area contributed by atoms with E-state index in [9.17, 15) is 9.90 Å². The molecule has 0 bridgehead atoms. The van der Waals surface area contributed by atoms with Crippen molar-refractivity contribution in [3.8, 4) is 0 Å². The van der Waals surface area contributed by atoms with Gasteiger partial charge in [-0.3, -0.25) is 0 Å². The molecule has 0 saturated heterocycles. The topological polar surface area (TPSA) is 57.5 Å². The second kappa shape index (κ2) is 7.76. The number of hydrogen-bond donors (Lipinski definition) is 2. The van der Waals surface area contributed by atoms with E-state index in [1.807, 2.05) is 43.3 Å². The largest absolute Gasteiger partial charge is 0.478 e. The van der Waals surface area contributed by atoms with Gasteiger partial charge in [-0.1, -0.05) is 48.4 Å². The number of carboxylic acid groups (broad SMARTS) is 1. The molecule has 2 aromatic rings. The van der Waals surface area contributed by atoms with Gasteiger partial charge < -0.3 is 10.2 Å². The van der Waals surface area contributed by atoms with Crippen molar-refractivity contribution in [2.75, 3.05) is 0 Å². The monoisotopic (exact) mass is 298 g/mol. The summed E-state index contributed by atoms with van der Waals surface area (Å²) in [5, 5.41) is 21.2. The third kappa shape index (κ3) is 4.71. The molecule has 0 fully saturated rings. The highest BCUT2D eigenvalue weighted by molar-refractivity contribution is 5.83. The van der Waals surface area contributed by atoms with Crippen LogP contribution in [0.5, 0.6) is 0 Å². The van der Waals surface area contributed by atoms with Crippen molar-refractivity contribution in [3.05, 3.63) is 59.7 Å². The van der Waals surface area contributed by atoms with Crippen LogP contribution in [0, 0.1) is 0 Å². The van der Waals surface area contributed by atoms with E-state index in [2.05, 4.69) is 6.07 Å². The van der Waals surface area contributed by atoms with Crippen molar-refractivity contribution in [1.29, 1.82) is 0 Å². The van der Waals surface area contributed by atoms with Crippen LogP contribution in [0.2, 0.25) is 0 Å². The van der Waals surface area contributed by atoms with Crippen LogP contribution < -0.4 is 0 Å². The second-order valence-electron chi connectivity index (χ2n) is 5.70. The SMILES string of the molecule is CC(=CC(=O)O)CCCCC(O)c1ccc2ccccc2c1. The maximum absolute atomic E-state index is 10.5. The zero-order valence-electron chi connectivity index (χ0n) is 12.8. The summed E-state index contributed by atoms with van der Waals surface area (Å²) in [4.78, 5) is 10.5. The zero-order valence-corrected chi connectivity index (χ0v) is 12.8. The smallest absolute Gasteiger partial charge is 0.328 e. The summed E-state index contributed by atoms with van der Waals surface area (Å²) in [6, 6.07) is 14.2. The average molecular weight is 298 g/mol. The number of unbranched alkanes of at least 4 members (excludes halogenated alkanes) is 1. The predicted octanol–water partition coefficient (Wildman–Crippen LogP) is 4.46. The van der Waals surface area contributed by atoms with Crippen LogP contribution in [0.4, 0.5) is 0 Å². The van der Waals surface area contributed by atoms with Crippen molar-refractivity contribution in [2.45, 2.75) is 38.7 Å². The number of fused-ring (bicyclic) bond motifs is 1. The highest BCUT2D eigenvalue weighted by Crippen LogP contribution is 2.24. The lowest BCUT2D eigenvalue weighted by molar-refractivity contribution is -0.131. The molecule has 0 saturated carbocycles. The lowest BCUT2D eigenvalue weighted by Crippen LogP contribution is -1.97. The van der Waals surface area contributed by atoms with Crippen LogP contribution >= 0.6 is 0 Å². The minimum absolute atomic E-state index is 0.464. The Labute approximate surface area is 130 Å². The van der Waals surface area contributed by atoms with Gasteiger partial charge in [-0.15, -0.1) is 0 Å². The zero-order chi connectivity index (χ0) is 15.9. The number of aliphatic hydroxyl groups is 1. The molecule has 22 heavy (non-hydrogen) atoms. The molecule has 0 heterocycles. The molecule has 0 aliphatic heterocycles. The molecule has 0 aliphatic rings. The van der Waals surface area contributed by atoms with Gasteiger partial charge >= 0.3 is 5.97 Å². The molecule has 0 aromatic heterocycles. The third-order valence-corrected chi connectivity index (χ3v) is 3.83. The molecular weight excluding hydrogens is 276 g/mol. The van der Waals surface area contributed by atoms with Crippen LogP contribution in [0.3, 0.4) is 0 Å². The number of hydrogen-bond acceptors (Lipinski definition) is 2. The summed E-state index contributed by atoms with van der Waals surface area (Å²) >= 11 is 0. The van der Waals surface area contributed by atoms with Gasteiger partial charge in [0.25, 0.3) is 0 Å². The van der Waals surface area contributed by atoms with Crippen molar-refractivity contribution in [2.24, 2.45) is 0 Å². The molecule has 0 aliphatic carbocycles. The van der Waals surface area contributed by atoms with Gasteiger partial charge in [-0.25, -0.2) is 4.79 Å². The Morgan fingerprint density at radius 3 is 2.59 bits per heavy atom. The third-order valence-electron chi connectivity index (χ3n) is 3.83. The number of allylic oxidation sites excluding steroid dienone is 1. The minimum atomic E-state index is -0.895. The Morgan fingerprint density at radius 1 is 1.14 bits per heavy atom. The van der Waals surface area contributed by atoms with E-state index in [1.165, 1.54) is 11.5 Å². The van der Waals surface area contributed by atoms with E-state index in [4.69, 9.17) is 5.11 Å². The summed E-state index contributed by atoms with van der Waals surface area (Å²) < 4.78 is 0. The number of carbonyl (C=O) groups is 1. The molecule has 2 aromatic carbocycles. The predicted molar refractivity (Wildman–Crippen MR) is 88.8 cm³/mol. The Bertz CT molecular complexity index is 673. The summed E-state index contributed by atoms with van der Waals surface area (Å²) in [5.74, 6) is -0.895. The quantitative estimate of drug-likeness (QED) is 0.586. The summed E-state index contributed by atoms with van der Waals surface area (Å²) in [6.45, 7) is 1.83. The molecular formula is C19H22O3. The van der Waals surface area contributed by atoms with Crippen molar-refractivity contribution >= 4 is 16.7 Å². The van der Waals surface area contributed by atoms with Gasteiger partial charge in [-0.05, 0) is 48.6 Å². The van der Waals surface area contributed by atoms with Crippen molar-refractivity contribution < 1.29 is 15.0 Å². The number of benzene rings is 2. The number of rotatable bonds is 7. The van der Waals surface area contributed by atoms with E-state index in [1.54, 1.807) is 0 Å². The highest BCUT2D eigenvalue weighted by atomic mass is 16.4. The highest BCUT2D eigenvalue weighted by Gasteiger charge is 2.08. The molecule has 3 heteroatoms. The van der Waals surface area contributed by atoms with Crippen molar-refractivity contribution in [1.82, 2.24) is 0 Å². The minimum Gasteiger partial charge on any atom is -0.478 e.